The zero-order valence-electron chi connectivity index (χ0n) is 17.9. The van der Waals surface area contributed by atoms with Crippen molar-refractivity contribution in [3.05, 3.63) is 71.3 Å². The molecule has 2 heterocycles. The Kier molecular flexibility index (Phi) is 7.33. The normalized spacial score (nSPS) is 18.4. The molecule has 2 aromatic carbocycles. The van der Waals surface area contributed by atoms with Crippen LogP contribution in [0.25, 0.3) is 0 Å². The summed E-state index contributed by atoms with van der Waals surface area (Å²) in [5.74, 6) is -0.601. The van der Waals surface area contributed by atoms with E-state index in [9.17, 15) is 9.59 Å². The Labute approximate surface area is 183 Å². The van der Waals surface area contributed by atoms with E-state index >= 15 is 0 Å². The number of piperidine rings is 1. The molecule has 2 aromatic rings. The predicted octanol–water partition coefficient (Wildman–Crippen LogP) is 2.01. The van der Waals surface area contributed by atoms with Crippen molar-refractivity contribution in [3.8, 4) is 0 Å². The number of rotatable bonds is 6. The van der Waals surface area contributed by atoms with Crippen LogP contribution in [0.1, 0.15) is 46.9 Å². The van der Waals surface area contributed by atoms with Crippen molar-refractivity contribution >= 4 is 11.9 Å². The van der Waals surface area contributed by atoms with Crippen molar-refractivity contribution in [3.63, 3.8) is 0 Å². The van der Waals surface area contributed by atoms with Gasteiger partial charge < -0.3 is 19.3 Å². The van der Waals surface area contributed by atoms with Crippen molar-refractivity contribution < 1.29 is 24.0 Å². The van der Waals surface area contributed by atoms with Gasteiger partial charge in [0.25, 0.3) is 5.91 Å². The van der Waals surface area contributed by atoms with Crippen molar-refractivity contribution in [1.82, 2.24) is 4.90 Å². The van der Waals surface area contributed by atoms with Crippen molar-refractivity contribution in [2.45, 2.75) is 31.9 Å². The molecule has 0 saturated carbocycles. The van der Waals surface area contributed by atoms with Crippen molar-refractivity contribution in [1.29, 1.82) is 0 Å². The molecule has 2 aliphatic rings. The molecule has 164 valence electrons. The van der Waals surface area contributed by atoms with Gasteiger partial charge in [-0.3, -0.25) is 4.79 Å². The largest absolute Gasteiger partial charge is 0.444 e. The molecule has 0 unspecified atom stereocenters. The number of benzene rings is 2. The molecule has 1 amide bonds. The molecule has 1 atom stereocenters. The van der Waals surface area contributed by atoms with Gasteiger partial charge in [0.05, 0.1) is 18.8 Å². The van der Waals surface area contributed by atoms with Gasteiger partial charge >= 0.3 is 5.97 Å². The summed E-state index contributed by atoms with van der Waals surface area (Å²) in [5, 5.41) is 0. The fourth-order valence-electron chi connectivity index (χ4n) is 4.23. The number of nitrogens with zero attached hydrogens (tertiary/aromatic N) is 1. The second-order valence-corrected chi connectivity index (χ2v) is 8.32. The number of quaternary nitrogens is 1. The lowest BCUT2D eigenvalue weighted by Gasteiger charge is -2.30. The topological polar surface area (TPSA) is 60.3 Å². The second kappa shape index (κ2) is 10.6. The van der Waals surface area contributed by atoms with E-state index in [1.54, 1.807) is 12.1 Å². The Morgan fingerprint density at radius 1 is 0.935 bits per heavy atom. The first kappa shape index (κ1) is 21.5. The number of likely N-dealkylation sites (tertiary alicyclic amines) is 1. The van der Waals surface area contributed by atoms with Crippen LogP contribution in [0.4, 0.5) is 0 Å². The fourth-order valence-corrected chi connectivity index (χ4v) is 4.23. The number of carbonyl (C=O) groups excluding carboxylic acids is 2. The average molecular weight is 424 g/mol. The van der Waals surface area contributed by atoms with E-state index in [-0.39, 0.29) is 5.91 Å². The zero-order valence-corrected chi connectivity index (χ0v) is 17.9. The quantitative estimate of drug-likeness (QED) is 0.723. The molecule has 0 aliphatic carbocycles. The third kappa shape index (κ3) is 5.71. The molecule has 1 N–H and O–H groups in total. The van der Waals surface area contributed by atoms with Crippen LogP contribution in [0.5, 0.6) is 0 Å². The third-order valence-electron chi connectivity index (χ3n) is 6.06. The molecule has 0 radical (unpaired) electrons. The van der Waals surface area contributed by atoms with Crippen LogP contribution in [-0.2, 0) is 20.8 Å². The van der Waals surface area contributed by atoms with Gasteiger partial charge in [-0.05, 0) is 31.4 Å². The number of ether oxygens (including phenoxy) is 2. The lowest BCUT2D eigenvalue weighted by Crippen LogP contribution is -3.12. The average Bonchev–Trinajstić information content (AvgIpc) is 2.84. The number of nitrogens with one attached hydrogen (secondary N) is 1. The molecule has 2 saturated heterocycles. The summed E-state index contributed by atoms with van der Waals surface area (Å²) in [6.07, 6.45) is 2.21. The second-order valence-electron chi connectivity index (χ2n) is 8.32. The first-order chi connectivity index (χ1) is 15.2. The van der Waals surface area contributed by atoms with E-state index in [1.807, 2.05) is 47.4 Å². The number of hydrogen-bond donors (Lipinski definition) is 1. The van der Waals surface area contributed by atoms with E-state index in [1.165, 1.54) is 10.5 Å². The van der Waals surface area contributed by atoms with E-state index < -0.39 is 12.1 Å². The SMILES string of the molecule is O=C(O[C@@H](C(=O)N1CCCCC1)c1ccccc1)c1ccc(C[NH+]2CCOCC2)cc1. The lowest BCUT2D eigenvalue weighted by atomic mass is 10.1. The first-order valence-corrected chi connectivity index (χ1v) is 11.3. The minimum Gasteiger partial charge on any atom is -0.444 e. The summed E-state index contributed by atoms with van der Waals surface area (Å²) in [4.78, 5) is 29.4. The van der Waals surface area contributed by atoms with Crippen molar-refractivity contribution in [2.24, 2.45) is 0 Å². The van der Waals surface area contributed by atoms with Crippen LogP contribution in [0.2, 0.25) is 0 Å². The van der Waals surface area contributed by atoms with Crippen LogP contribution < -0.4 is 4.90 Å². The minimum atomic E-state index is -0.913. The molecule has 0 bridgehead atoms. The van der Waals surface area contributed by atoms with E-state index in [2.05, 4.69) is 0 Å². The van der Waals surface area contributed by atoms with Gasteiger partial charge in [-0.15, -0.1) is 0 Å². The highest BCUT2D eigenvalue weighted by molar-refractivity contribution is 5.92. The number of esters is 1. The first-order valence-electron chi connectivity index (χ1n) is 11.3. The Balaban J connectivity index is 1.44. The smallest absolute Gasteiger partial charge is 0.339 e. The van der Waals surface area contributed by atoms with Crippen LogP contribution in [-0.4, -0.2) is 56.2 Å². The molecule has 6 heteroatoms. The molecular formula is C25H31N2O4+. The maximum absolute atomic E-state index is 13.2. The Morgan fingerprint density at radius 3 is 2.29 bits per heavy atom. The highest BCUT2D eigenvalue weighted by Crippen LogP contribution is 2.24. The van der Waals surface area contributed by atoms with Gasteiger partial charge in [0.2, 0.25) is 6.10 Å². The standard InChI is InChI=1S/C25H30N2O4/c28-24(27-13-5-2-6-14-27)23(21-7-3-1-4-8-21)31-25(29)22-11-9-20(10-12-22)19-26-15-17-30-18-16-26/h1,3-4,7-12,23H,2,5-6,13-19H2/p+1/t23-/m1/s1. The van der Waals surface area contributed by atoms with Gasteiger partial charge in [0, 0.05) is 24.2 Å². The molecule has 0 aromatic heterocycles. The van der Waals surface area contributed by atoms with Gasteiger partial charge in [0.15, 0.2) is 0 Å². The molecule has 4 rings (SSSR count). The number of morpholine rings is 1. The molecule has 2 fully saturated rings. The molecule has 2 aliphatic heterocycles. The maximum Gasteiger partial charge on any atom is 0.339 e. The van der Waals surface area contributed by atoms with Crippen LogP contribution in [0, 0.1) is 0 Å². The molecule has 6 nitrogen and oxygen atoms in total. The third-order valence-corrected chi connectivity index (χ3v) is 6.06. The Hall–Kier alpha value is -2.70. The molecule has 0 spiro atoms. The van der Waals surface area contributed by atoms with Crippen LogP contribution in [0.15, 0.2) is 54.6 Å². The molecular weight excluding hydrogens is 392 g/mol. The van der Waals surface area contributed by atoms with Gasteiger partial charge in [0.1, 0.15) is 19.6 Å². The summed E-state index contributed by atoms with van der Waals surface area (Å²) in [5.41, 5.74) is 2.35. The zero-order chi connectivity index (χ0) is 21.5. The highest BCUT2D eigenvalue weighted by atomic mass is 16.5. The summed E-state index contributed by atoms with van der Waals surface area (Å²) >= 11 is 0. The predicted molar refractivity (Wildman–Crippen MR) is 117 cm³/mol. The summed E-state index contributed by atoms with van der Waals surface area (Å²) in [7, 11) is 0. The highest BCUT2D eigenvalue weighted by Gasteiger charge is 2.30. The summed E-state index contributed by atoms with van der Waals surface area (Å²) in [6.45, 7) is 5.95. The van der Waals surface area contributed by atoms with Gasteiger partial charge in [-0.2, -0.15) is 0 Å². The monoisotopic (exact) mass is 423 g/mol. The number of carbonyl (C=O) groups is 2. The Morgan fingerprint density at radius 2 is 1.61 bits per heavy atom. The van der Waals surface area contributed by atoms with Gasteiger partial charge in [-0.25, -0.2) is 4.79 Å². The van der Waals surface area contributed by atoms with Crippen LogP contribution in [0.3, 0.4) is 0 Å². The Bertz CT molecular complexity index is 857. The fraction of sp³-hybridized carbons (Fsp3) is 0.440. The maximum atomic E-state index is 13.2. The van der Waals surface area contributed by atoms with Gasteiger partial charge in [-0.1, -0.05) is 42.5 Å². The molecule has 31 heavy (non-hydrogen) atoms. The summed E-state index contributed by atoms with van der Waals surface area (Å²) in [6, 6.07) is 16.8. The van der Waals surface area contributed by atoms with Crippen molar-refractivity contribution in [2.75, 3.05) is 39.4 Å². The van der Waals surface area contributed by atoms with E-state index in [4.69, 9.17) is 9.47 Å². The summed E-state index contributed by atoms with van der Waals surface area (Å²) < 4.78 is 11.2. The van der Waals surface area contributed by atoms with E-state index in [0.717, 1.165) is 65.2 Å². The minimum absolute atomic E-state index is 0.133. The lowest BCUT2D eigenvalue weighted by molar-refractivity contribution is -0.921. The van der Waals surface area contributed by atoms with E-state index in [0.29, 0.717) is 11.1 Å². The number of hydrogen-bond acceptors (Lipinski definition) is 4. The number of amides is 1. The van der Waals surface area contributed by atoms with Crippen LogP contribution >= 0.6 is 0 Å².